The molecular weight excluding hydrogens is 328 g/mol. The van der Waals surface area contributed by atoms with Gasteiger partial charge in [0.2, 0.25) is 0 Å². The Hall–Kier alpha value is -2.96. The average molecular weight is 348 g/mol. The van der Waals surface area contributed by atoms with Gasteiger partial charge in [-0.3, -0.25) is 15.0 Å². The van der Waals surface area contributed by atoms with Gasteiger partial charge in [-0.1, -0.05) is 30.3 Å². The second-order valence-electron chi connectivity index (χ2n) is 7.05. The van der Waals surface area contributed by atoms with E-state index in [0.717, 1.165) is 36.5 Å². The average Bonchev–Trinajstić information content (AvgIpc) is 3.11. The molecule has 3 aromatic rings. The van der Waals surface area contributed by atoms with E-state index in [2.05, 4.69) is 25.4 Å². The van der Waals surface area contributed by atoms with Crippen molar-refractivity contribution in [1.29, 1.82) is 0 Å². The van der Waals surface area contributed by atoms with Gasteiger partial charge in [0.1, 0.15) is 11.5 Å². The van der Waals surface area contributed by atoms with Crippen LogP contribution in [0.25, 0.3) is 11.4 Å². The van der Waals surface area contributed by atoms with Crippen molar-refractivity contribution in [3.63, 3.8) is 0 Å². The highest BCUT2D eigenvalue weighted by Gasteiger charge is 2.35. The van der Waals surface area contributed by atoms with Gasteiger partial charge in [0.25, 0.3) is 5.91 Å². The summed E-state index contributed by atoms with van der Waals surface area (Å²) >= 11 is 0. The monoisotopic (exact) mass is 348 g/mol. The first-order valence-corrected chi connectivity index (χ1v) is 9.13. The van der Waals surface area contributed by atoms with Crippen LogP contribution in [0.4, 0.5) is 0 Å². The lowest BCUT2D eigenvalue weighted by Crippen LogP contribution is -2.31. The van der Waals surface area contributed by atoms with Gasteiger partial charge in [-0.15, -0.1) is 0 Å². The quantitative estimate of drug-likeness (QED) is 0.758. The number of aromatic nitrogens is 5. The zero-order valence-corrected chi connectivity index (χ0v) is 14.4. The minimum atomic E-state index is -0.0754. The number of aromatic amines is 2. The number of carbonyl (C=O) groups excluding carboxylic acids is 1. The normalized spacial score (nSPS) is 19.8. The Kier molecular flexibility index (Phi) is 3.58. The number of carbonyl (C=O) groups is 1. The Bertz CT molecular complexity index is 926. The molecule has 1 aromatic carbocycles. The highest BCUT2D eigenvalue weighted by Crippen LogP contribution is 2.39. The Balaban J connectivity index is 1.38. The number of nitrogens with zero attached hydrogens (tertiary/aromatic N) is 4. The number of H-pyrrole nitrogens is 2. The van der Waals surface area contributed by atoms with E-state index in [-0.39, 0.29) is 11.9 Å². The highest BCUT2D eigenvalue weighted by molar-refractivity contribution is 5.92. The number of hydrogen-bond acceptors (Lipinski definition) is 4. The van der Waals surface area contributed by atoms with E-state index in [1.165, 1.54) is 12.8 Å². The third-order valence-electron chi connectivity index (χ3n) is 5.20. The summed E-state index contributed by atoms with van der Waals surface area (Å²) < 4.78 is 0. The third kappa shape index (κ3) is 2.69. The molecule has 1 amide bonds. The van der Waals surface area contributed by atoms with E-state index in [0.29, 0.717) is 17.4 Å². The smallest absolute Gasteiger partial charge is 0.274 e. The first kappa shape index (κ1) is 15.3. The number of likely N-dealkylation sites (tertiary alicyclic amines) is 1. The zero-order valence-electron chi connectivity index (χ0n) is 14.4. The summed E-state index contributed by atoms with van der Waals surface area (Å²) in [4.78, 5) is 19.5. The number of rotatable bonds is 4. The van der Waals surface area contributed by atoms with E-state index in [4.69, 9.17) is 0 Å². The molecule has 1 saturated carbocycles. The summed E-state index contributed by atoms with van der Waals surface area (Å²) in [6.45, 7) is 0.719. The summed E-state index contributed by atoms with van der Waals surface area (Å²) in [5.41, 5.74) is 2.55. The van der Waals surface area contributed by atoms with Crippen LogP contribution in [-0.4, -0.2) is 42.7 Å². The molecule has 5 rings (SSSR count). The van der Waals surface area contributed by atoms with Crippen molar-refractivity contribution in [1.82, 2.24) is 30.3 Å². The lowest BCUT2D eigenvalue weighted by molar-refractivity contribution is 0.0724. The van der Waals surface area contributed by atoms with Gasteiger partial charge in [-0.25, -0.2) is 4.98 Å². The van der Waals surface area contributed by atoms with Gasteiger partial charge in [0, 0.05) is 23.7 Å². The van der Waals surface area contributed by atoms with E-state index in [1.807, 2.05) is 41.3 Å². The first-order valence-electron chi connectivity index (χ1n) is 9.13. The zero-order chi connectivity index (χ0) is 17.5. The minimum Gasteiger partial charge on any atom is -0.327 e. The molecule has 2 aliphatic rings. The molecule has 2 aromatic heterocycles. The standard InChI is InChI=1S/C19H20N6O/c26-19(15-11-14(21-22-15)12-8-9-12)25-10-4-7-16(25)18-20-17(23-24-18)13-5-2-1-3-6-13/h1-3,5-6,11-12,16H,4,7-10H2,(H,21,22)(H,20,23,24). The number of nitrogens with one attached hydrogen (secondary N) is 2. The van der Waals surface area contributed by atoms with Crippen molar-refractivity contribution in [2.24, 2.45) is 0 Å². The third-order valence-corrected chi connectivity index (χ3v) is 5.20. The summed E-state index contributed by atoms with van der Waals surface area (Å²) in [5, 5.41) is 14.6. The Morgan fingerprint density at radius 2 is 1.92 bits per heavy atom. The summed E-state index contributed by atoms with van der Waals surface area (Å²) in [6.07, 6.45) is 4.21. The second-order valence-corrected chi connectivity index (χ2v) is 7.05. The van der Waals surface area contributed by atoms with Crippen molar-refractivity contribution in [2.75, 3.05) is 6.54 Å². The molecule has 0 spiro atoms. The molecule has 7 nitrogen and oxygen atoms in total. The fourth-order valence-corrected chi connectivity index (χ4v) is 3.63. The molecule has 1 atom stereocenters. The van der Waals surface area contributed by atoms with E-state index in [1.54, 1.807) is 0 Å². The van der Waals surface area contributed by atoms with Crippen LogP contribution in [0.2, 0.25) is 0 Å². The molecule has 26 heavy (non-hydrogen) atoms. The predicted molar refractivity (Wildman–Crippen MR) is 95.4 cm³/mol. The fourth-order valence-electron chi connectivity index (χ4n) is 3.63. The fraction of sp³-hybridized carbons (Fsp3) is 0.368. The summed E-state index contributed by atoms with van der Waals surface area (Å²) in [7, 11) is 0. The molecule has 1 unspecified atom stereocenters. The maximum atomic E-state index is 12.9. The van der Waals surface area contributed by atoms with Crippen LogP contribution in [-0.2, 0) is 0 Å². The van der Waals surface area contributed by atoms with Crippen LogP contribution >= 0.6 is 0 Å². The Morgan fingerprint density at radius 3 is 2.73 bits per heavy atom. The lowest BCUT2D eigenvalue weighted by Gasteiger charge is -2.21. The highest BCUT2D eigenvalue weighted by atomic mass is 16.2. The van der Waals surface area contributed by atoms with Crippen LogP contribution in [0.15, 0.2) is 36.4 Å². The maximum Gasteiger partial charge on any atom is 0.274 e. The number of amides is 1. The van der Waals surface area contributed by atoms with Gasteiger partial charge in [0.05, 0.1) is 6.04 Å². The van der Waals surface area contributed by atoms with E-state index < -0.39 is 0 Å². The largest absolute Gasteiger partial charge is 0.327 e. The molecule has 1 aliphatic carbocycles. The molecule has 7 heteroatoms. The maximum absolute atomic E-state index is 12.9. The van der Waals surface area contributed by atoms with Crippen LogP contribution in [0, 0.1) is 0 Å². The van der Waals surface area contributed by atoms with Gasteiger partial charge < -0.3 is 4.90 Å². The number of benzene rings is 1. The molecule has 0 bridgehead atoms. The molecular formula is C19H20N6O. The molecule has 3 heterocycles. The van der Waals surface area contributed by atoms with Crippen LogP contribution in [0.1, 0.15) is 59.6 Å². The molecule has 1 saturated heterocycles. The van der Waals surface area contributed by atoms with Gasteiger partial charge in [-0.2, -0.15) is 10.2 Å². The topological polar surface area (TPSA) is 90.6 Å². The van der Waals surface area contributed by atoms with Crippen molar-refractivity contribution in [2.45, 2.75) is 37.6 Å². The van der Waals surface area contributed by atoms with E-state index >= 15 is 0 Å². The summed E-state index contributed by atoms with van der Waals surface area (Å²) in [6, 6.07) is 11.7. The van der Waals surface area contributed by atoms with Gasteiger partial charge in [-0.05, 0) is 31.7 Å². The molecule has 0 radical (unpaired) electrons. The van der Waals surface area contributed by atoms with Crippen molar-refractivity contribution in [3.8, 4) is 11.4 Å². The van der Waals surface area contributed by atoms with Gasteiger partial charge in [0.15, 0.2) is 5.82 Å². The molecule has 132 valence electrons. The second kappa shape index (κ2) is 6.09. The van der Waals surface area contributed by atoms with Crippen LogP contribution < -0.4 is 0 Å². The Labute approximate surface area is 150 Å². The predicted octanol–water partition coefficient (Wildman–Crippen LogP) is 3.05. The first-order chi connectivity index (χ1) is 12.8. The van der Waals surface area contributed by atoms with Crippen molar-refractivity contribution < 1.29 is 4.79 Å². The van der Waals surface area contributed by atoms with Crippen LogP contribution in [0.3, 0.4) is 0 Å². The summed E-state index contributed by atoms with van der Waals surface area (Å²) in [5.74, 6) is 1.93. The molecule has 2 fully saturated rings. The van der Waals surface area contributed by atoms with E-state index in [9.17, 15) is 4.79 Å². The van der Waals surface area contributed by atoms with Crippen molar-refractivity contribution >= 4 is 5.91 Å². The lowest BCUT2D eigenvalue weighted by atomic mass is 10.2. The van der Waals surface area contributed by atoms with Crippen molar-refractivity contribution in [3.05, 3.63) is 53.6 Å². The van der Waals surface area contributed by atoms with Crippen LogP contribution in [0.5, 0.6) is 0 Å². The SMILES string of the molecule is O=C(c1cc(C2CC2)[nH]n1)N1CCCC1c1nc(-c2ccccc2)n[nH]1. The molecule has 1 aliphatic heterocycles. The number of hydrogen-bond donors (Lipinski definition) is 2. The minimum absolute atomic E-state index is 0.0340. The van der Waals surface area contributed by atoms with Gasteiger partial charge >= 0.3 is 0 Å². The Morgan fingerprint density at radius 1 is 1.08 bits per heavy atom. The molecule has 2 N–H and O–H groups in total.